The summed E-state index contributed by atoms with van der Waals surface area (Å²) in [4.78, 5) is 0.299. The smallest absolute Gasteiger partial charge is 0.207 e. The van der Waals surface area contributed by atoms with Crippen LogP contribution in [0.15, 0.2) is 23.1 Å². The molecule has 0 bridgehead atoms. The molecule has 0 N–H and O–H groups in total. The molecule has 0 unspecified atom stereocenters. The monoisotopic (exact) mass is 339 g/mol. The molecule has 0 aliphatic carbocycles. The van der Waals surface area contributed by atoms with Crippen LogP contribution in [-0.2, 0) is 10.0 Å². The molecule has 2 aromatic rings. The van der Waals surface area contributed by atoms with E-state index < -0.39 is 10.0 Å². The highest BCUT2D eigenvalue weighted by Crippen LogP contribution is 2.28. The quantitative estimate of drug-likeness (QED) is 0.857. The number of hydrogen-bond donors (Lipinski definition) is 0. The number of hydrogen-bond acceptors (Lipinski definition) is 5. The van der Waals surface area contributed by atoms with Crippen LogP contribution in [0.5, 0.6) is 0 Å². The largest absolute Gasteiger partial charge is 0.245 e. The van der Waals surface area contributed by atoms with Gasteiger partial charge in [0.05, 0.1) is 11.7 Å². The second-order valence-corrected chi connectivity index (χ2v) is 8.31. The summed E-state index contributed by atoms with van der Waals surface area (Å²) in [6.45, 7) is 3.41. The SMILES string of the molecule is CCC[C@@H]1CCCN(S(=O)(=O)c2cccc3nsnc23)CC1. The molecule has 0 saturated carbocycles. The fourth-order valence-corrected chi connectivity index (χ4v) is 5.45. The number of benzene rings is 1. The summed E-state index contributed by atoms with van der Waals surface area (Å²) in [5, 5.41) is 0. The van der Waals surface area contributed by atoms with Crippen molar-refractivity contribution in [2.75, 3.05) is 13.1 Å². The van der Waals surface area contributed by atoms with Crippen LogP contribution in [0.4, 0.5) is 0 Å². The molecule has 120 valence electrons. The van der Waals surface area contributed by atoms with Crippen molar-refractivity contribution in [1.82, 2.24) is 13.1 Å². The van der Waals surface area contributed by atoms with Gasteiger partial charge >= 0.3 is 0 Å². The third kappa shape index (κ3) is 3.02. The lowest BCUT2D eigenvalue weighted by Crippen LogP contribution is -2.32. The molecule has 0 radical (unpaired) electrons. The van der Waals surface area contributed by atoms with Crippen molar-refractivity contribution in [3.8, 4) is 0 Å². The topological polar surface area (TPSA) is 63.2 Å². The van der Waals surface area contributed by atoms with Crippen LogP contribution in [0.2, 0.25) is 0 Å². The first-order chi connectivity index (χ1) is 10.6. The molecule has 3 rings (SSSR count). The second kappa shape index (κ2) is 6.60. The van der Waals surface area contributed by atoms with Crippen molar-refractivity contribution in [2.24, 2.45) is 5.92 Å². The molecule has 1 saturated heterocycles. The van der Waals surface area contributed by atoms with Gasteiger partial charge in [-0.05, 0) is 37.3 Å². The zero-order chi connectivity index (χ0) is 15.6. The van der Waals surface area contributed by atoms with E-state index in [4.69, 9.17) is 0 Å². The minimum atomic E-state index is -3.48. The van der Waals surface area contributed by atoms with E-state index in [0.717, 1.165) is 31.0 Å². The molecule has 22 heavy (non-hydrogen) atoms. The van der Waals surface area contributed by atoms with E-state index >= 15 is 0 Å². The summed E-state index contributed by atoms with van der Waals surface area (Å²) >= 11 is 1.06. The molecule has 0 amide bonds. The molecule has 1 fully saturated rings. The summed E-state index contributed by atoms with van der Waals surface area (Å²) < 4.78 is 35.9. The molecule has 5 nitrogen and oxygen atoms in total. The van der Waals surface area contributed by atoms with E-state index in [-0.39, 0.29) is 0 Å². The first kappa shape index (κ1) is 15.8. The Balaban J connectivity index is 1.88. The number of nitrogens with zero attached hydrogens (tertiary/aromatic N) is 3. The number of aromatic nitrogens is 2. The van der Waals surface area contributed by atoms with Gasteiger partial charge < -0.3 is 0 Å². The fourth-order valence-electron chi connectivity index (χ4n) is 3.20. The van der Waals surface area contributed by atoms with Crippen molar-refractivity contribution >= 4 is 32.8 Å². The Labute approximate surface area is 135 Å². The van der Waals surface area contributed by atoms with Crippen molar-refractivity contribution in [3.63, 3.8) is 0 Å². The van der Waals surface area contributed by atoms with E-state index in [0.29, 0.717) is 34.9 Å². The summed E-state index contributed by atoms with van der Waals surface area (Å²) in [6, 6.07) is 5.19. The summed E-state index contributed by atoms with van der Waals surface area (Å²) in [5.41, 5.74) is 1.16. The Morgan fingerprint density at radius 2 is 2.14 bits per heavy atom. The van der Waals surface area contributed by atoms with Gasteiger partial charge in [-0.3, -0.25) is 0 Å². The van der Waals surface area contributed by atoms with E-state index in [1.54, 1.807) is 22.5 Å². The molecular weight excluding hydrogens is 318 g/mol. The Morgan fingerprint density at radius 3 is 2.95 bits per heavy atom. The highest BCUT2D eigenvalue weighted by atomic mass is 32.2. The van der Waals surface area contributed by atoms with E-state index in [2.05, 4.69) is 15.7 Å². The minimum Gasteiger partial charge on any atom is -0.207 e. The molecule has 1 atom stereocenters. The summed E-state index contributed by atoms with van der Waals surface area (Å²) in [5.74, 6) is 0.655. The van der Waals surface area contributed by atoms with Crippen molar-refractivity contribution < 1.29 is 8.42 Å². The molecule has 7 heteroatoms. The molecule has 1 aliphatic rings. The van der Waals surface area contributed by atoms with Crippen LogP contribution >= 0.6 is 11.7 Å². The lowest BCUT2D eigenvalue weighted by molar-refractivity contribution is 0.400. The number of fused-ring (bicyclic) bond motifs is 1. The van der Waals surface area contributed by atoms with Crippen LogP contribution in [0.25, 0.3) is 11.0 Å². The van der Waals surface area contributed by atoms with E-state index in [9.17, 15) is 8.42 Å². The average Bonchev–Trinajstić information content (AvgIpc) is 2.86. The number of rotatable bonds is 4. The third-order valence-electron chi connectivity index (χ3n) is 4.37. The van der Waals surface area contributed by atoms with Crippen molar-refractivity contribution in [3.05, 3.63) is 18.2 Å². The second-order valence-electron chi connectivity index (χ2n) is 5.88. The molecular formula is C15H21N3O2S2. The van der Waals surface area contributed by atoms with Gasteiger partial charge in [0.2, 0.25) is 10.0 Å². The Morgan fingerprint density at radius 1 is 1.27 bits per heavy atom. The lowest BCUT2D eigenvalue weighted by atomic mass is 9.96. The predicted molar refractivity (Wildman–Crippen MR) is 88.4 cm³/mol. The van der Waals surface area contributed by atoms with Gasteiger partial charge in [-0.2, -0.15) is 13.1 Å². The standard InChI is InChI=1S/C15H21N3O2S2/c1-2-5-12-6-4-10-18(11-9-12)22(19,20)14-8-3-7-13-15(14)17-21-16-13/h3,7-8,12H,2,4-6,9-11H2,1H3/t12-/m1/s1. The summed E-state index contributed by atoms with van der Waals surface area (Å²) in [6.07, 6.45) is 5.39. The van der Waals surface area contributed by atoms with Gasteiger partial charge in [0.25, 0.3) is 0 Å². The van der Waals surface area contributed by atoms with E-state index in [1.165, 1.54) is 12.8 Å². The maximum atomic E-state index is 13.0. The zero-order valence-electron chi connectivity index (χ0n) is 12.7. The molecule has 1 aromatic heterocycles. The van der Waals surface area contributed by atoms with Crippen LogP contribution in [0.3, 0.4) is 0 Å². The number of sulfonamides is 1. The normalized spacial score (nSPS) is 21.0. The van der Waals surface area contributed by atoms with E-state index in [1.807, 2.05) is 0 Å². The van der Waals surface area contributed by atoms with Crippen LogP contribution in [0.1, 0.15) is 39.0 Å². The van der Waals surface area contributed by atoms with Gasteiger partial charge in [0, 0.05) is 13.1 Å². The lowest BCUT2D eigenvalue weighted by Gasteiger charge is -2.20. The van der Waals surface area contributed by atoms with Crippen LogP contribution in [0, 0.1) is 5.92 Å². The maximum absolute atomic E-state index is 13.0. The zero-order valence-corrected chi connectivity index (χ0v) is 14.4. The highest BCUT2D eigenvalue weighted by molar-refractivity contribution is 7.89. The van der Waals surface area contributed by atoms with Gasteiger partial charge in [-0.25, -0.2) is 8.42 Å². The van der Waals surface area contributed by atoms with Gasteiger partial charge in [-0.1, -0.05) is 25.8 Å². The Bertz CT molecular complexity index is 742. The molecule has 2 heterocycles. The van der Waals surface area contributed by atoms with Gasteiger partial charge in [-0.15, -0.1) is 0 Å². The minimum absolute atomic E-state index is 0.299. The Kier molecular flexibility index (Phi) is 4.75. The first-order valence-electron chi connectivity index (χ1n) is 7.84. The maximum Gasteiger partial charge on any atom is 0.245 e. The van der Waals surface area contributed by atoms with Crippen molar-refractivity contribution in [2.45, 2.75) is 43.9 Å². The third-order valence-corrected chi connectivity index (χ3v) is 6.84. The van der Waals surface area contributed by atoms with Crippen LogP contribution < -0.4 is 0 Å². The summed E-state index contributed by atoms with van der Waals surface area (Å²) in [7, 11) is -3.48. The fraction of sp³-hybridized carbons (Fsp3) is 0.600. The Hall–Kier alpha value is -1.05. The van der Waals surface area contributed by atoms with Crippen molar-refractivity contribution in [1.29, 1.82) is 0 Å². The predicted octanol–water partition coefficient (Wildman–Crippen LogP) is 3.28. The van der Waals surface area contributed by atoms with Crippen LogP contribution in [-0.4, -0.2) is 34.6 Å². The van der Waals surface area contributed by atoms with Gasteiger partial charge in [0.15, 0.2) is 0 Å². The molecule has 1 aliphatic heterocycles. The molecule has 0 spiro atoms. The average molecular weight is 339 g/mol. The highest BCUT2D eigenvalue weighted by Gasteiger charge is 2.29. The van der Waals surface area contributed by atoms with Gasteiger partial charge in [0.1, 0.15) is 15.9 Å². The first-order valence-corrected chi connectivity index (χ1v) is 10.0. The molecule has 1 aromatic carbocycles.